The Bertz CT molecular complexity index is 880. The zero-order chi connectivity index (χ0) is 22.4. The van der Waals surface area contributed by atoms with Crippen LogP contribution in [0, 0.1) is 18.8 Å². The van der Waals surface area contributed by atoms with Crippen molar-refractivity contribution in [2.45, 2.75) is 58.5 Å². The van der Waals surface area contributed by atoms with Gasteiger partial charge in [0.05, 0.1) is 30.8 Å². The summed E-state index contributed by atoms with van der Waals surface area (Å²) in [5, 5.41) is 10.8. The predicted molar refractivity (Wildman–Crippen MR) is 116 cm³/mol. The van der Waals surface area contributed by atoms with Crippen LogP contribution < -0.4 is 0 Å². The van der Waals surface area contributed by atoms with Gasteiger partial charge in [0.2, 0.25) is 0 Å². The van der Waals surface area contributed by atoms with E-state index in [0.717, 1.165) is 11.1 Å². The molecule has 2 rings (SSSR count). The lowest BCUT2D eigenvalue weighted by molar-refractivity contribution is 0.00735. The lowest BCUT2D eigenvalue weighted by Crippen LogP contribution is -2.41. The van der Waals surface area contributed by atoms with E-state index in [9.17, 15) is 21.9 Å². The third-order valence-electron chi connectivity index (χ3n) is 5.67. The number of aliphatic hydroxyl groups is 1. The first kappa shape index (κ1) is 25.3. The number of hydrogen-bond donors (Lipinski definition) is 1. The highest BCUT2D eigenvalue weighted by atomic mass is 32.2. The lowest BCUT2D eigenvalue weighted by atomic mass is 9.67. The van der Waals surface area contributed by atoms with Gasteiger partial charge in [-0.25, -0.2) is 0 Å². The summed E-state index contributed by atoms with van der Waals surface area (Å²) in [5.74, 6) is -1.14. The van der Waals surface area contributed by atoms with Gasteiger partial charge in [-0.3, -0.25) is 8.37 Å². The Morgan fingerprint density at radius 1 is 0.933 bits per heavy atom. The van der Waals surface area contributed by atoms with Crippen LogP contribution >= 0.6 is 0 Å². The zero-order valence-electron chi connectivity index (χ0n) is 18.0. The fourth-order valence-electron chi connectivity index (χ4n) is 4.19. The Balaban J connectivity index is 2.31. The maximum atomic E-state index is 12.2. The summed E-state index contributed by atoms with van der Waals surface area (Å²) in [6.07, 6.45) is 1.25. The molecule has 7 nitrogen and oxygen atoms in total. The minimum atomic E-state index is -3.68. The predicted octanol–water partition coefficient (Wildman–Crippen LogP) is 2.98. The SMILES string of the molecule is CCCS(=O)(=O)OC[C@H]1CC[C@H](O)[C@@H](c2ccccc2C)[C@@H]1COS(=O)(=O)CCC. The lowest BCUT2D eigenvalue weighted by Gasteiger charge is -2.41. The van der Waals surface area contributed by atoms with Gasteiger partial charge < -0.3 is 5.11 Å². The third-order valence-corrected chi connectivity index (χ3v) is 8.48. The molecule has 0 heterocycles. The van der Waals surface area contributed by atoms with Gasteiger partial charge in [0.25, 0.3) is 20.2 Å². The van der Waals surface area contributed by atoms with Gasteiger partial charge in [-0.1, -0.05) is 38.1 Å². The van der Waals surface area contributed by atoms with Crippen molar-refractivity contribution < 1.29 is 30.3 Å². The molecule has 0 aliphatic heterocycles. The molecule has 4 atom stereocenters. The molecule has 9 heteroatoms. The van der Waals surface area contributed by atoms with Gasteiger partial charge in [-0.2, -0.15) is 16.8 Å². The second-order valence-electron chi connectivity index (χ2n) is 8.04. The van der Waals surface area contributed by atoms with E-state index in [0.29, 0.717) is 25.7 Å². The number of benzene rings is 1. The van der Waals surface area contributed by atoms with E-state index >= 15 is 0 Å². The van der Waals surface area contributed by atoms with Crippen LogP contribution in [0.15, 0.2) is 24.3 Å². The molecular weight excluding hydrogens is 428 g/mol. The van der Waals surface area contributed by atoms with Crippen molar-refractivity contribution >= 4 is 20.2 Å². The first-order valence-corrected chi connectivity index (χ1v) is 13.7. The van der Waals surface area contributed by atoms with E-state index in [1.165, 1.54) is 0 Å². The third kappa shape index (κ3) is 7.02. The first-order chi connectivity index (χ1) is 14.1. The minimum Gasteiger partial charge on any atom is -0.392 e. The first-order valence-electron chi connectivity index (χ1n) is 10.6. The second kappa shape index (κ2) is 11.0. The summed E-state index contributed by atoms with van der Waals surface area (Å²) in [6.45, 7) is 5.32. The Labute approximate surface area is 181 Å². The fourth-order valence-corrected chi connectivity index (χ4v) is 6.18. The van der Waals surface area contributed by atoms with E-state index in [2.05, 4.69) is 0 Å². The van der Waals surface area contributed by atoms with Gasteiger partial charge in [-0.15, -0.1) is 0 Å². The van der Waals surface area contributed by atoms with Gasteiger partial charge >= 0.3 is 0 Å². The minimum absolute atomic E-state index is 0.0424. The Kier molecular flexibility index (Phi) is 9.30. The maximum Gasteiger partial charge on any atom is 0.267 e. The molecule has 0 radical (unpaired) electrons. The summed E-state index contributed by atoms with van der Waals surface area (Å²) >= 11 is 0. The number of aryl methyl sites for hydroxylation is 1. The summed E-state index contributed by atoms with van der Waals surface area (Å²) in [7, 11) is -7.31. The molecule has 1 aliphatic rings. The van der Waals surface area contributed by atoms with Crippen LogP contribution in [0.2, 0.25) is 0 Å². The molecule has 0 aromatic heterocycles. The number of aliphatic hydroxyl groups excluding tert-OH is 1. The van der Waals surface area contributed by atoms with Crippen molar-refractivity contribution in [3.05, 3.63) is 35.4 Å². The standard InChI is InChI=1S/C21H34O7S2/c1-4-12-29(23,24)27-14-17-10-11-20(22)21(18-9-7-6-8-16(18)3)19(17)15-28-30(25,26)13-5-2/h6-9,17,19-22H,4-5,10-15H2,1-3H3/t17-,19-,20+,21+/m1/s1. The molecule has 1 saturated carbocycles. The van der Waals surface area contributed by atoms with Gasteiger partial charge in [0.15, 0.2) is 0 Å². The van der Waals surface area contributed by atoms with E-state index in [-0.39, 0.29) is 36.6 Å². The van der Waals surface area contributed by atoms with Crippen LogP contribution in [0.1, 0.15) is 56.6 Å². The van der Waals surface area contributed by atoms with Gasteiger partial charge in [0.1, 0.15) is 0 Å². The highest BCUT2D eigenvalue weighted by Gasteiger charge is 2.41. The molecule has 1 aromatic rings. The second-order valence-corrected chi connectivity index (χ2v) is 11.6. The van der Waals surface area contributed by atoms with Crippen LogP contribution in [0.5, 0.6) is 0 Å². The summed E-state index contributed by atoms with van der Waals surface area (Å²) in [6, 6.07) is 7.66. The van der Waals surface area contributed by atoms with Crippen molar-refractivity contribution in [1.82, 2.24) is 0 Å². The molecule has 0 spiro atoms. The van der Waals surface area contributed by atoms with Crippen LogP contribution in [-0.2, 0) is 28.6 Å². The normalized spacial score (nSPS) is 25.3. The van der Waals surface area contributed by atoms with Crippen molar-refractivity contribution in [2.24, 2.45) is 11.8 Å². The fraction of sp³-hybridized carbons (Fsp3) is 0.714. The van der Waals surface area contributed by atoms with Crippen LogP contribution in [0.3, 0.4) is 0 Å². The van der Waals surface area contributed by atoms with Crippen LogP contribution in [0.25, 0.3) is 0 Å². The quantitative estimate of drug-likeness (QED) is 0.504. The summed E-state index contributed by atoms with van der Waals surface area (Å²) < 4.78 is 59.0. The molecule has 1 N–H and O–H groups in total. The van der Waals surface area contributed by atoms with E-state index in [1.807, 2.05) is 31.2 Å². The number of rotatable bonds is 11. The highest BCUT2D eigenvalue weighted by molar-refractivity contribution is 7.86. The van der Waals surface area contributed by atoms with Crippen molar-refractivity contribution in [1.29, 1.82) is 0 Å². The topological polar surface area (TPSA) is 107 Å². The van der Waals surface area contributed by atoms with E-state index in [4.69, 9.17) is 8.37 Å². The summed E-state index contributed by atoms with van der Waals surface area (Å²) in [5.41, 5.74) is 1.91. The molecule has 30 heavy (non-hydrogen) atoms. The monoisotopic (exact) mass is 462 g/mol. The van der Waals surface area contributed by atoms with Crippen molar-refractivity contribution in [3.63, 3.8) is 0 Å². The van der Waals surface area contributed by atoms with E-state index < -0.39 is 32.3 Å². The Hall–Kier alpha value is -1.00. The highest BCUT2D eigenvalue weighted by Crippen LogP contribution is 2.43. The van der Waals surface area contributed by atoms with E-state index in [1.54, 1.807) is 13.8 Å². The molecule has 0 unspecified atom stereocenters. The molecule has 1 aromatic carbocycles. The molecule has 0 saturated heterocycles. The average molecular weight is 463 g/mol. The summed E-state index contributed by atoms with van der Waals surface area (Å²) in [4.78, 5) is 0. The molecule has 1 aliphatic carbocycles. The molecule has 0 amide bonds. The van der Waals surface area contributed by atoms with Crippen LogP contribution in [0.4, 0.5) is 0 Å². The van der Waals surface area contributed by atoms with Gasteiger partial charge in [-0.05, 0) is 55.6 Å². The molecular formula is C21H34O7S2. The Morgan fingerprint density at radius 3 is 2.07 bits per heavy atom. The van der Waals surface area contributed by atoms with Gasteiger partial charge in [0, 0.05) is 5.92 Å². The van der Waals surface area contributed by atoms with Crippen molar-refractivity contribution in [3.8, 4) is 0 Å². The average Bonchev–Trinajstić information content (AvgIpc) is 2.66. The maximum absolute atomic E-state index is 12.2. The zero-order valence-corrected chi connectivity index (χ0v) is 19.6. The molecule has 0 bridgehead atoms. The largest absolute Gasteiger partial charge is 0.392 e. The molecule has 1 fully saturated rings. The number of hydrogen-bond acceptors (Lipinski definition) is 7. The van der Waals surface area contributed by atoms with Crippen molar-refractivity contribution in [2.75, 3.05) is 24.7 Å². The molecule has 172 valence electrons. The van der Waals surface area contributed by atoms with Crippen LogP contribution in [-0.4, -0.2) is 52.8 Å². The Morgan fingerprint density at radius 2 is 1.50 bits per heavy atom. The smallest absolute Gasteiger partial charge is 0.267 e.